The minimum Gasteiger partial charge on any atom is -0.493 e. The molecule has 0 bridgehead atoms. The lowest BCUT2D eigenvalue weighted by molar-refractivity contribution is 0.273. The van der Waals surface area contributed by atoms with Gasteiger partial charge in [0.2, 0.25) is 0 Å². The molecule has 1 aliphatic rings. The summed E-state index contributed by atoms with van der Waals surface area (Å²) in [6, 6.07) is 13.5. The van der Waals surface area contributed by atoms with Crippen molar-refractivity contribution < 1.29 is 9.13 Å². The van der Waals surface area contributed by atoms with Crippen molar-refractivity contribution in [3.8, 4) is 5.75 Å². The first-order valence-electron chi connectivity index (χ1n) is 6.89. The van der Waals surface area contributed by atoms with E-state index in [1.54, 1.807) is 12.1 Å². The molecule has 2 aromatic rings. The van der Waals surface area contributed by atoms with Gasteiger partial charge >= 0.3 is 0 Å². The first kappa shape index (κ1) is 13.6. The lowest BCUT2D eigenvalue weighted by Gasteiger charge is -2.25. The Morgan fingerprint density at radius 3 is 2.90 bits per heavy atom. The monoisotopic (exact) mass is 334 g/mol. The van der Waals surface area contributed by atoms with Crippen molar-refractivity contribution in [2.24, 2.45) is 0 Å². The van der Waals surface area contributed by atoms with Crippen LogP contribution in [0.2, 0.25) is 0 Å². The van der Waals surface area contributed by atoms with Crippen molar-refractivity contribution in [1.82, 2.24) is 0 Å². The van der Waals surface area contributed by atoms with Gasteiger partial charge in [-0.2, -0.15) is 0 Å². The first-order valence-corrected chi connectivity index (χ1v) is 7.69. The van der Waals surface area contributed by atoms with Crippen LogP contribution < -0.4 is 4.74 Å². The summed E-state index contributed by atoms with van der Waals surface area (Å²) in [5.74, 6) is 0.715. The molecule has 1 unspecified atom stereocenters. The maximum atomic E-state index is 13.5. The summed E-state index contributed by atoms with van der Waals surface area (Å²) in [5, 5.41) is 0. The SMILES string of the molecule is Fc1cc(OCC2CCCc3ccccc32)ccc1Br. The number of halogens is 2. The van der Waals surface area contributed by atoms with Crippen molar-refractivity contribution >= 4 is 15.9 Å². The van der Waals surface area contributed by atoms with Gasteiger partial charge < -0.3 is 4.74 Å². The van der Waals surface area contributed by atoms with Crippen molar-refractivity contribution in [3.05, 3.63) is 63.9 Å². The molecule has 3 rings (SSSR count). The molecular weight excluding hydrogens is 319 g/mol. The number of benzene rings is 2. The summed E-state index contributed by atoms with van der Waals surface area (Å²) in [6.07, 6.45) is 3.48. The molecule has 0 aliphatic heterocycles. The third kappa shape index (κ3) is 2.88. The van der Waals surface area contributed by atoms with Crippen LogP contribution in [-0.2, 0) is 6.42 Å². The van der Waals surface area contributed by atoms with E-state index in [2.05, 4.69) is 40.2 Å². The fourth-order valence-electron chi connectivity index (χ4n) is 2.79. The second-order valence-corrected chi connectivity index (χ2v) is 6.03. The van der Waals surface area contributed by atoms with Gasteiger partial charge in [0.15, 0.2) is 0 Å². The zero-order valence-electron chi connectivity index (χ0n) is 11.1. The highest BCUT2D eigenvalue weighted by Gasteiger charge is 2.20. The molecule has 0 saturated heterocycles. The smallest absolute Gasteiger partial charge is 0.141 e. The Bertz CT molecular complexity index is 612. The highest BCUT2D eigenvalue weighted by molar-refractivity contribution is 9.10. The molecule has 0 N–H and O–H groups in total. The molecular formula is C17H16BrFO. The van der Waals surface area contributed by atoms with Gasteiger partial charge in [-0.1, -0.05) is 24.3 Å². The van der Waals surface area contributed by atoms with E-state index in [1.807, 2.05) is 0 Å². The Morgan fingerprint density at radius 2 is 2.05 bits per heavy atom. The van der Waals surface area contributed by atoms with Crippen LogP contribution in [0.3, 0.4) is 0 Å². The van der Waals surface area contributed by atoms with Crippen LogP contribution in [0.1, 0.15) is 29.9 Å². The lowest BCUT2D eigenvalue weighted by atomic mass is 9.83. The van der Waals surface area contributed by atoms with Gasteiger partial charge in [0, 0.05) is 12.0 Å². The van der Waals surface area contributed by atoms with Crippen molar-refractivity contribution in [3.63, 3.8) is 0 Å². The topological polar surface area (TPSA) is 9.23 Å². The molecule has 0 spiro atoms. The van der Waals surface area contributed by atoms with Gasteiger partial charge in [0.1, 0.15) is 11.6 Å². The number of hydrogen-bond donors (Lipinski definition) is 0. The Balaban J connectivity index is 1.71. The molecule has 20 heavy (non-hydrogen) atoms. The van der Waals surface area contributed by atoms with E-state index in [9.17, 15) is 4.39 Å². The molecule has 2 aromatic carbocycles. The molecule has 1 aliphatic carbocycles. The zero-order chi connectivity index (χ0) is 13.9. The molecule has 1 atom stereocenters. The van der Waals surface area contributed by atoms with Crippen molar-refractivity contribution in [2.75, 3.05) is 6.61 Å². The lowest BCUT2D eigenvalue weighted by Crippen LogP contribution is -2.16. The zero-order valence-corrected chi connectivity index (χ0v) is 12.7. The Hall–Kier alpha value is -1.35. The quantitative estimate of drug-likeness (QED) is 0.759. The van der Waals surface area contributed by atoms with Gasteiger partial charge in [-0.25, -0.2) is 4.39 Å². The molecule has 0 aromatic heterocycles. The standard InChI is InChI=1S/C17H16BrFO/c18-16-9-8-14(10-17(16)19)20-11-13-6-3-5-12-4-1-2-7-15(12)13/h1-2,4,7-10,13H,3,5-6,11H2. The third-order valence-electron chi connectivity index (χ3n) is 3.84. The normalized spacial score (nSPS) is 17.6. The van der Waals surface area contributed by atoms with Crippen LogP contribution in [0.25, 0.3) is 0 Å². The summed E-state index contributed by atoms with van der Waals surface area (Å²) in [6.45, 7) is 0.609. The molecule has 104 valence electrons. The van der Waals surface area contributed by atoms with Gasteiger partial charge in [0.25, 0.3) is 0 Å². The summed E-state index contributed by atoms with van der Waals surface area (Å²) < 4.78 is 19.7. The first-order chi connectivity index (χ1) is 9.74. The highest BCUT2D eigenvalue weighted by Crippen LogP contribution is 2.32. The van der Waals surface area contributed by atoms with E-state index < -0.39 is 0 Å². The van der Waals surface area contributed by atoms with E-state index in [0.29, 0.717) is 22.7 Å². The second kappa shape index (κ2) is 5.96. The summed E-state index contributed by atoms with van der Waals surface area (Å²) in [7, 11) is 0. The summed E-state index contributed by atoms with van der Waals surface area (Å²) in [5.41, 5.74) is 2.81. The van der Waals surface area contributed by atoms with Gasteiger partial charge in [-0.15, -0.1) is 0 Å². The fraction of sp³-hybridized carbons (Fsp3) is 0.294. The Labute approximate surface area is 126 Å². The molecule has 0 saturated carbocycles. The minimum atomic E-state index is -0.286. The average molecular weight is 335 g/mol. The van der Waals surface area contributed by atoms with Crippen LogP contribution in [0, 0.1) is 5.82 Å². The van der Waals surface area contributed by atoms with Crippen LogP contribution >= 0.6 is 15.9 Å². The predicted molar refractivity (Wildman–Crippen MR) is 81.7 cm³/mol. The fourth-order valence-corrected chi connectivity index (χ4v) is 3.04. The Morgan fingerprint density at radius 1 is 1.20 bits per heavy atom. The van der Waals surface area contributed by atoms with Crippen LogP contribution in [-0.4, -0.2) is 6.61 Å². The van der Waals surface area contributed by atoms with E-state index in [4.69, 9.17) is 4.74 Å². The number of hydrogen-bond acceptors (Lipinski definition) is 1. The van der Waals surface area contributed by atoms with Crippen LogP contribution in [0.5, 0.6) is 5.75 Å². The molecule has 3 heteroatoms. The number of fused-ring (bicyclic) bond motifs is 1. The van der Waals surface area contributed by atoms with Crippen molar-refractivity contribution in [1.29, 1.82) is 0 Å². The maximum absolute atomic E-state index is 13.5. The molecule has 0 fully saturated rings. The minimum absolute atomic E-state index is 0.286. The molecule has 0 radical (unpaired) electrons. The van der Waals surface area contributed by atoms with Gasteiger partial charge in [-0.05, 0) is 58.5 Å². The molecule has 0 amide bonds. The van der Waals surface area contributed by atoms with E-state index in [1.165, 1.54) is 23.6 Å². The number of ether oxygens (including phenoxy) is 1. The van der Waals surface area contributed by atoms with E-state index in [0.717, 1.165) is 12.8 Å². The van der Waals surface area contributed by atoms with Crippen molar-refractivity contribution in [2.45, 2.75) is 25.2 Å². The summed E-state index contributed by atoms with van der Waals surface area (Å²) in [4.78, 5) is 0. The highest BCUT2D eigenvalue weighted by atomic mass is 79.9. The van der Waals surface area contributed by atoms with E-state index >= 15 is 0 Å². The second-order valence-electron chi connectivity index (χ2n) is 5.17. The average Bonchev–Trinajstić information content (AvgIpc) is 2.48. The predicted octanol–water partition coefficient (Wildman–Crippen LogP) is 5.09. The number of rotatable bonds is 3. The largest absolute Gasteiger partial charge is 0.493 e. The van der Waals surface area contributed by atoms with Gasteiger partial charge in [0.05, 0.1) is 11.1 Å². The number of aryl methyl sites for hydroxylation is 1. The Kier molecular flexibility index (Phi) is 4.06. The summed E-state index contributed by atoms with van der Waals surface area (Å²) >= 11 is 3.15. The third-order valence-corrected chi connectivity index (χ3v) is 4.48. The van der Waals surface area contributed by atoms with Gasteiger partial charge in [-0.3, -0.25) is 0 Å². The molecule has 1 nitrogen and oxygen atoms in total. The molecule has 0 heterocycles. The maximum Gasteiger partial charge on any atom is 0.141 e. The van der Waals surface area contributed by atoms with Crippen LogP contribution in [0.4, 0.5) is 4.39 Å². The van der Waals surface area contributed by atoms with Crippen LogP contribution in [0.15, 0.2) is 46.9 Å². The van der Waals surface area contributed by atoms with E-state index in [-0.39, 0.29) is 5.82 Å².